The quantitative estimate of drug-likeness (QED) is 0.546. The van der Waals surface area contributed by atoms with Gasteiger partial charge >= 0.3 is 12.1 Å². The monoisotopic (exact) mass is 418 g/mol. The molecular weight excluding hydrogens is 405 g/mol. The molecule has 5 nitrogen and oxygen atoms in total. The fourth-order valence-corrected chi connectivity index (χ4v) is 2.69. The van der Waals surface area contributed by atoms with E-state index in [1.165, 1.54) is 38.4 Å². The Hall–Kier alpha value is -2.16. The molecule has 0 aromatic carbocycles. The third-order valence-corrected chi connectivity index (χ3v) is 3.92. The largest absolute Gasteiger partial charge is 0.454 e. The average Bonchev–Trinajstić information content (AvgIpc) is 2.79. The second-order valence-electron chi connectivity index (χ2n) is 5.38. The van der Waals surface area contributed by atoms with E-state index in [0.717, 1.165) is 4.57 Å². The van der Waals surface area contributed by atoms with Crippen molar-refractivity contribution >= 4 is 27.7 Å². The number of esters is 1. The van der Waals surface area contributed by atoms with Crippen molar-refractivity contribution in [2.75, 3.05) is 6.61 Å². The Morgan fingerprint density at radius 3 is 2.52 bits per heavy atom. The van der Waals surface area contributed by atoms with Gasteiger partial charge in [0.1, 0.15) is 6.54 Å². The molecule has 0 aliphatic carbocycles. The van der Waals surface area contributed by atoms with Gasteiger partial charge in [0.25, 0.3) is 0 Å². The Balaban J connectivity index is 2.09. The smallest absolute Gasteiger partial charge is 0.406 e. The van der Waals surface area contributed by atoms with Crippen molar-refractivity contribution in [3.05, 3.63) is 51.5 Å². The molecule has 0 unspecified atom stereocenters. The normalized spacial score (nSPS) is 11.4. The molecule has 0 bridgehead atoms. The molecule has 2 heterocycles. The number of ketones is 1. The van der Waals surface area contributed by atoms with Gasteiger partial charge < -0.3 is 9.30 Å². The lowest BCUT2D eigenvalue weighted by atomic mass is 10.1. The molecule has 9 heteroatoms. The highest BCUT2D eigenvalue weighted by atomic mass is 79.9. The number of aromatic nitrogens is 2. The van der Waals surface area contributed by atoms with Crippen LogP contribution in [0.4, 0.5) is 13.2 Å². The molecule has 0 radical (unpaired) electrons. The standard InChI is InChI=1S/C16H14BrF3N2O3/c1-9-3-13(10(2)22(9)8-16(18,19)20)14(23)7-25-15(24)11-4-12(17)6-21-5-11/h3-6H,7-8H2,1-2H3. The number of Topliss-reactive ketones (excluding diaryl/α,β-unsaturated/α-hetero) is 1. The van der Waals surface area contributed by atoms with Crippen LogP contribution in [0.2, 0.25) is 0 Å². The average molecular weight is 419 g/mol. The number of pyridine rings is 1. The molecule has 25 heavy (non-hydrogen) atoms. The highest BCUT2D eigenvalue weighted by Crippen LogP contribution is 2.23. The molecule has 2 rings (SSSR count). The first-order valence-corrected chi connectivity index (χ1v) is 7.92. The summed E-state index contributed by atoms with van der Waals surface area (Å²) in [6.07, 6.45) is -1.63. The number of nitrogens with zero attached hydrogens (tertiary/aromatic N) is 2. The zero-order valence-electron chi connectivity index (χ0n) is 13.4. The van der Waals surface area contributed by atoms with Gasteiger partial charge in [-0.2, -0.15) is 13.2 Å². The topological polar surface area (TPSA) is 61.2 Å². The van der Waals surface area contributed by atoms with Crippen LogP contribution >= 0.6 is 15.9 Å². The highest BCUT2D eigenvalue weighted by molar-refractivity contribution is 9.10. The van der Waals surface area contributed by atoms with Crippen LogP contribution in [0, 0.1) is 13.8 Å². The maximum atomic E-state index is 12.6. The predicted octanol–water partition coefficient (Wildman–Crippen LogP) is 3.86. The van der Waals surface area contributed by atoms with Crippen LogP contribution < -0.4 is 0 Å². The van der Waals surface area contributed by atoms with Gasteiger partial charge in [-0.05, 0) is 41.9 Å². The first kappa shape index (κ1) is 19.2. The van der Waals surface area contributed by atoms with Crippen LogP contribution in [0.25, 0.3) is 0 Å². The summed E-state index contributed by atoms with van der Waals surface area (Å²) in [5.41, 5.74) is 0.743. The third-order valence-electron chi connectivity index (χ3n) is 3.49. The van der Waals surface area contributed by atoms with E-state index in [-0.39, 0.29) is 16.8 Å². The summed E-state index contributed by atoms with van der Waals surface area (Å²) >= 11 is 3.16. The fraction of sp³-hybridized carbons (Fsp3) is 0.312. The molecular formula is C16H14BrF3N2O3. The molecule has 0 spiro atoms. The van der Waals surface area contributed by atoms with Crippen LogP contribution in [-0.4, -0.2) is 34.1 Å². The van der Waals surface area contributed by atoms with Gasteiger partial charge in [0.05, 0.1) is 5.56 Å². The summed E-state index contributed by atoms with van der Waals surface area (Å²) in [5.74, 6) is -1.32. The van der Waals surface area contributed by atoms with E-state index in [1.54, 1.807) is 0 Å². The van der Waals surface area contributed by atoms with Gasteiger partial charge in [-0.25, -0.2) is 4.79 Å². The molecule has 0 aliphatic rings. The third kappa shape index (κ3) is 4.91. The molecule has 0 amide bonds. The van der Waals surface area contributed by atoms with Crippen LogP contribution in [0.1, 0.15) is 32.1 Å². The molecule has 0 saturated heterocycles. The predicted molar refractivity (Wildman–Crippen MR) is 86.5 cm³/mol. The van der Waals surface area contributed by atoms with E-state index in [2.05, 4.69) is 20.9 Å². The summed E-state index contributed by atoms with van der Waals surface area (Å²) in [6, 6.07) is 2.84. The van der Waals surface area contributed by atoms with Gasteiger partial charge in [0.2, 0.25) is 5.78 Å². The Bertz CT molecular complexity index is 815. The molecule has 2 aromatic heterocycles. The van der Waals surface area contributed by atoms with Crippen LogP contribution in [0.15, 0.2) is 29.0 Å². The second-order valence-corrected chi connectivity index (χ2v) is 6.29. The summed E-state index contributed by atoms with van der Waals surface area (Å²) in [5, 5.41) is 0. The number of rotatable bonds is 5. The van der Waals surface area contributed by atoms with Crippen LogP contribution in [-0.2, 0) is 11.3 Å². The summed E-state index contributed by atoms with van der Waals surface area (Å²) < 4.78 is 44.3. The Morgan fingerprint density at radius 1 is 1.24 bits per heavy atom. The minimum atomic E-state index is -4.39. The van der Waals surface area contributed by atoms with Gasteiger partial charge in [-0.15, -0.1) is 0 Å². The number of aryl methyl sites for hydroxylation is 1. The van der Waals surface area contributed by atoms with E-state index in [1.807, 2.05) is 0 Å². The van der Waals surface area contributed by atoms with Gasteiger partial charge in [0, 0.05) is 33.8 Å². The molecule has 0 aliphatic heterocycles. The van der Waals surface area contributed by atoms with Crippen LogP contribution in [0.5, 0.6) is 0 Å². The Kier molecular flexibility index (Phi) is 5.66. The molecule has 0 saturated carbocycles. The van der Waals surface area contributed by atoms with Gasteiger partial charge in [0.15, 0.2) is 6.61 Å². The van der Waals surface area contributed by atoms with Crippen molar-refractivity contribution in [1.82, 2.24) is 9.55 Å². The molecule has 0 N–H and O–H groups in total. The van der Waals surface area contributed by atoms with E-state index >= 15 is 0 Å². The lowest BCUT2D eigenvalue weighted by molar-refractivity contribution is -0.141. The minimum absolute atomic E-state index is 0.0990. The van der Waals surface area contributed by atoms with Crippen molar-refractivity contribution in [3.8, 4) is 0 Å². The SMILES string of the molecule is Cc1cc(C(=O)COC(=O)c2cncc(Br)c2)c(C)n1CC(F)(F)F. The number of ether oxygens (including phenoxy) is 1. The maximum Gasteiger partial charge on any atom is 0.406 e. The van der Waals surface area contributed by atoms with Crippen molar-refractivity contribution in [3.63, 3.8) is 0 Å². The lowest BCUT2D eigenvalue weighted by Gasteiger charge is -2.12. The van der Waals surface area contributed by atoms with E-state index in [4.69, 9.17) is 4.74 Å². The van der Waals surface area contributed by atoms with Crippen molar-refractivity contribution in [1.29, 1.82) is 0 Å². The lowest BCUT2D eigenvalue weighted by Crippen LogP contribution is -2.20. The zero-order chi connectivity index (χ0) is 18.8. The number of hydrogen-bond acceptors (Lipinski definition) is 4. The Morgan fingerprint density at radius 2 is 1.92 bits per heavy atom. The zero-order valence-corrected chi connectivity index (χ0v) is 14.9. The number of halogens is 4. The number of carbonyl (C=O) groups excluding carboxylic acids is 2. The van der Waals surface area contributed by atoms with E-state index < -0.39 is 31.1 Å². The first-order valence-electron chi connectivity index (χ1n) is 7.13. The van der Waals surface area contributed by atoms with Gasteiger partial charge in [-0.3, -0.25) is 9.78 Å². The molecule has 2 aromatic rings. The Labute approximate surface area is 149 Å². The fourth-order valence-electron chi connectivity index (χ4n) is 2.32. The summed E-state index contributed by atoms with van der Waals surface area (Å²) in [7, 11) is 0. The van der Waals surface area contributed by atoms with Crippen LogP contribution in [0.3, 0.4) is 0 Å². The molecule has 0 atom stereocenters. The first-order chi connectivity index (χ1) is 11.6. The number of alkyl halides is 3. The van der Waals surface area contributed by atoms with E-state index in [0.29, 0.717) is 10.2 Å². The number of carbonyl (C=O) groups is 2. The maximum absolute atomic E-state index is 12.6. The van der Waals surface area contributed by atoms with Crippen molar-refractivity contribution < 1.29 is 27.5 Å². The minimum Gasteiger partial charge on any atom is -0.454 e. The van der Waals surface area contributed by atoms with Crippen molar-refractivity contribution in [2.45, 2.75) is 26.6 Å². The summed E-state index contributed by atoms with van der Waals surface area (Å²) in [6.45, 7) is 1.16. The number of hydrogen-bond donors (Lipinski definition) is 0. The van der Waals surface area contributed by atoms with Gasteiger partial charge in [-0.1, -0.05) is 0 Å². The molecule has 134 valence electrons. The van der Waals surface area contributed by atoms with E-state index in [9.17, 15) is 22.8 Å². The molecule has 0 fully saturated rings. The summed E-state index contributed by atoms with van der Waals surface area (Å²) in [4.78, 5) is 27.9. The van der Waals surface area contributed by atoms with Crippen molar-refractivity contribution in [2.24, 2.45) is 0 Å². The second kappa shape index (κ2) is 7.38. The highest BCUT2D eigenvalue weighted by Gasteiger charge is 2.30.